The van der Waals surface area contributed by atoms with Gasteiger partial charge in [-0.05, 0) is 48.4 Å². The van der Waals surface area contributed by atoms with Gasteiger partial charge in [0.1, 0.15) is 11.3 Å². The molecule has 1 atom stereocenters. The highest BCUT2D eigenvalue weighted by atomic mass is 19.1. The lowest BCUT2D eigenvalue weighted by molar-refractivity contribution is -0.131. The van der Waals surface area contributed by atoms with Gasteiger partial charge in [0.05, 0.1) is 20.4 Å². The van der Waals surface area contributed by atoms with Gasteiger partial charge in [-0.2, -0.15) is 5.10 Å². The molecular weight excluding hydrogens is 353 g/mol. The van der Waals surface area contributed by atoms with E-state index in [-0.39, 0.29) is 5.75 Å². The summed E-state index contributed by atoms with van der Waals surface area (Å²) < 4.78 is 23.8. The van der Waals surface area contributed by atoms with E-state index in [2.05, 4.69) is 10.4 Å². The Kier molecular flexibility index (Phi) is 4.81. The van der Waals surface area contributed by atoms with Crippen LogP contribution >= 0.6 is 0 Å². The number of ether oxygens (including phenoxy) is 2. The molecule has 0 radical (unpaired) electrons. The van der Waals surface area contributed by atoms with Gasteiger partial charge in [0.15, 0.2) is 11.6 Å². The van der Waals surface area contributed by atoms with Gasteiger partial charge < -0.3 is 14.8 Å². The molecule has 0 spiro atoms. The molecule has 1 saturated heterocycles. The average molecular weight is 371 g/mol. The Hall–Kier alpha value is -3.42. The van der Waals surface area contributed by atoms with E-state index >= 15 is 0 Å². The summed E-state index contributed by atoms with van der Waals surface area (Å²) in [5.74, 6) is -0.468. The Bertz CT molecular complexity index is 931. The third-order valence-electron chi connectivity index (χ3n) is 4.31. The van der Waals surface area contributed by atoms with Crippen LogP contribution in [0.15, 0.2) is 47.6 Å². The summed E-state index contributed by atoms with van der Waals surface area (Å²) in [7, 11) is 2.87. The minimum Gasteiger partial charge on any atom is -0.497 e. The molecule has 0 aromatic heterocycles. The van der Waals surface area contributed by atoms with Gasteiger partial charge in [0, 0.05) is 0 Å². The van der Waals surface area contributed by atoms with Crippen molar-refractivity contribution < 1.29 is 23.5 Å². The van der Waals surface area contributed by atoms with E-state index in [0.717, 1.165) is 5.01 Å². The number of methoxy groups -OCH3 is 2. The fourth-order valence-electron chi connectivity index (χ4n) is 2.75. The van der Waals surface area contributed by atoms with Crippen LogP contribution in [0.4, 0.5) is 9.18 Å². The highest BCUT2D eigenvalue weighted by molar-refractivity contribution is 6.07. The standard InChI is InChI=1S/C19H18FN3O4/c1-19(13-5-4-6-14(10-13)26-2)17(24)23(18(25)22-19)21-11-12-7-8-16(27-3)15(20)9-12/h4-11H,1-3H3,(H,22,25)/b21-11-/t19-/m1/s1. The molecule has 7 nitrogen and oxygen atoms in total. The molecule has 2 aromatic carbocycles. The van der Waals surface area contributed by atoms with Crippen molar-refractivity contribution in [1.82, 2.24) is 10.3 Å². The van der Waals surface area contributed by atoms with E-state index in [9.17, 15) is 14.0 Å². The minimum absolute atomic E-state index is 0.0905. The topological polar surface area (TPSA) is 80.2 Å². The number of halogens is 1. The van der Waals surface area contributed by atoms with Gasteiger partial charge in [-0.25, -0.2) is 9.18 Å². The number of imide groups is 1. The van der Waals surface area contributed by atoms with Crippen LogP contribution in [0, 0.1) is 5.82 Å². The molecule has 3 amide bonds. The van der Waals surface area contributed by atoms with Crippen LogP contribution in [0.2, 0.25) is 0 Å². The predicted octanol–water partition coefficient (Wildman–Crippen LogP) is 2.64. The summed E-state index contributed by atoms with van der Waals surface area (Å²) in [5, 5.41) is 7.29. The molecule has 1 aliphatic rings. The van der Waals surface area contributed by atoms with Gasteiger partial charge in [-0.1, -0.05) is 12.1 Å². The minimum atomic E-state index is -1.28. The first-order valence-corrected chi connectivity index (χ1v) is 8.08. The molecule has 1 fully saturated rings. The smallest absolute Gasteiger partial charge is 0.346 e. The van der Waals surface area contributed by atoms with Crippen molar-refractivity contribution in [2.24, 2.45) is 5.10 Å². The van der Waals surface area contributed by atoms with Crippen molar-refractivity contribution >= 4 is 18.2 Å². The largest absolute Gasteiger partial charge is 0.497 e. The molecule has 1 N–H and O–H groups in total. The maximum absolute atomic E-state index is 13.8. The predicted molar refractivity (Wildman–Crippen MR) is 96.3 cm³/mol. The maximum atomic E-state index is 13.8. The van der Waals surface area contributed by atoms with Crippen LogP contribution < -0.4 is 14.8 Å². The molecule has 0 unspecified atom stereocenters. The Balaban J connectivity index is 1.86. The van der Waals surface area contributed by atoms with Gasteiger partial charge in [-0.15, -0.1) is 5.01 Å². The lowest BCUT2D eigenvalue weighted by Gasteiger charge is -2.21. The number of nitrogens with one attached hydrogen (secondary N) is 1. The number of benzene rings is 2. The lowest BCUT2D eigenvalue weighted by atomic mass is 9.92. The molecule has 0 saturated carbocycles. The number of nitrogens with zero attached hydrogens (tertiary/aromatic N) is 2. The first-order chi connectivity index (χ1) is 12.9. The zero-order valence-corrected chi connectivity index (χ0v) is 15.0. The van der Waals surface area contributed by atoms with E-state index in [1.165, 1.54) is 32.6 Å². The summed E-state index contributed by atoms with van der Waals surface area (Å²) >= 11 is 0. The molecule has 0 bridgehead atoms. The Morgan fingerprint density at radius 1 is 1.15 bits per heavy atom. The Morgan fingerprint density at radius 3 is 2.59 bits per heavy atom. The summed E-state index contributed by atoms with van der Waals surface area (Å²) in [6.45, 7) is 1.59. The average Bonchev–Trinajstić information content (AvgIpc) is 2.89. The van der Waals surface area contributed by atoms with E-state index in [0.29, 0.717) is 16.9 Å². The third kappa shape index (κ3) is 3.33. The summed E-state index contributed by atoms with van der Waals surface area (Å²) in [4.78, 5) is 25.1. The van der Waals surface area contributed by atoms with Gasteiger partial charge >= 0.3 is 6.03 Å². The lowest BCUT2D eigenvalue weighted by Crippen LogP contribution is -2.40. The van der Waals surface area contributed by atoms with Crippen molar-refractivity contribution in [3.8, 4) is 11.5 Å². The number of hydrogen-bond donors (Lipinski definition) is 1. The molecule has 3 rings (SSSR count). The van der Waals surface area contributed by atoms with Crippen LogP contribution in [0.25, 0.3) is 0 Å². The maximum Gasteiger partial charge on any atom is 0.346 e. The molecule has 1 aliphatic heterocycles. The number of carbonyl (C=O) groups is 2. The van der Waals surface area contributed by atoms with Crippen LogP contribution in [-0.4, -0.2) is 37.4 Å². The molecule has 0 aliphatic carbocycles. The van der Waals surface area contributed by atoms with Crippen LogP contribution in [0.5, 0.6) is 11.5 Å². The zero-order chi connectivity index (χ0) is 19.6. The first kappa shape index (κ1) is 18.4. The van der Waals surface area contributed by atoms with E-state index in [1.54, 1.807) is 37.3 Å². The summed E-state index contributed by atoms with van der Waals surface area (Å²) in [6.07, 6.45) is 1.23. The Labute approximate surface area is 155 Å². The van der Waals surface area contributed by atoms with E-state index in [1.807, 2.05) is 0 Å². The number of hydrogen-bond acceptors (Lipinski definition) is 5. The van der Waals surface area contributed by atoms with Crippen molar-refractivity contribution in [2.75, 3.05) is 14.2 Å². The zero-order valence-electron chi connectivity index (χ0n) is 15.0. The second-order valence-electron chi connectivity index (χ2n) is 6.04. The van der Waals surface area contributed by atoms with Crippen molar-refractivity contribution in [2.45, 2.75) is 12.5 Å². The van der Waals surface area contributed by atoms with Crippen LogP contribution in [0.1, 0.15) is 18.1 Å². The molecular formula is C19H18FN3O4. The quantitative estimate of drug-likeness (QED) is 0.647. The second kappa shape index (κ2) is 7.06. The number of carbonyl (C=O) groups excluding carboxylic acids is 2. The van der Waals surface area contributed by atoms with Crippen molar-refractivity contribution in [3.63, 3.8) is 0 Å². The molecule has 1 heterocycles. The summed E-state index contributed by atoms with van der Waals surface area (Å²) in [6, 6.07) is 10.4. The number of amides is 3. The number of urea groups is 1. The van der Waals surface area contributed by atoms with Gasteiger partial charge in [0.25, 0.3) is 5.91 Å². The molecule has 140 valence electrons. The van der Waals surface area contributed by atoms with Crippen molar-refractivity contribution in [1.29, 1.82) is 0 Å². The SMILES string of the molecule is COc1cccc([C@@]2(C)NC(=O)N(/N=C\c3ccc(OC)c(F)c3)C2=O)c1. The van der Waals surface area contributed by atoms with Gasteiger partial charge in [-0.3, -0.25) is 4.79 Å². The fourth-order valence-corrected chi connectivity index (χ4v) is 2.75. The first-order valence-electron chi connectivity index (χ1n) is 8.08. The highest BCUT2D eigenvalue weighted by Gasteiger charge is 2.49. The molecule has 27 heavy (non-hydrogen) atoms. The van der Waals surface area contributed by atoms with E-state index in [4.69, 9.17) is 9.47 Å². The molecule has 2 aromatic rings. The summed E-state index contributed by atoms with van der Waals surface area (Å²) in [5.41, 5.74) is -0.342. The van der Waals surface area contributed by atoms with Crippen LogP contribution in [0.3, 0.4) is 0 Å². The van der Waals surface area contributed by atoms with Crippen LogP contribution in [-0.2, 0) is 10.3 Å². The van der Waals surface area contributed by atoms with Gasteiger partial charge in [0.2, 0.25) is 0 Å². The second-order valence-corrected chi connectivity index (χ2v) is 6.04. The van der Waals surface area contributed by atoms with Crippen molar-refractivity contribution in [3.05, 3.63) is 59.4 Å². The molecule has 8 heteroatoms. The fraction of sp³-hybridized carbons (Fsp3) is 0.211. The van der Waals surface area contributed by atoms with E-state index < -0.39 is 23.3 Å². The monoisotopic (exact) mass is 371 g/mol. The third-order valence-corrected chi connectivity index (χ3v) is 4.31. The normalized spacial score (nSPS) is 19.5. The number of hydrazone groups is 1. The number of rotatable bonds is 5. The highest BCUT2D eigenvalue weighted by Crippen LogP contribution is 2.31. The Morgan fingerprint density at radius 2 is 1.93 bits per heavy atom.